The van der Waals surface area contributed by atoms with E-state index in [4.69, 9.17) is 0 Å². The third-order valence-electron chi connectivity index (χ3n) is 1.73. The van der Waals surface area contributed by atoms with Crippen molar-refractivity contribution in [2.45, 2.75) is 19.4 Å². The minimum absolute atomic E-state index is 0.199. The highest BCUT2D eigenvalue weighted by atomic mass is 16.3. The second-order valence-electron chi connectivity index (χ2n) is 2.62. The minimum atomic E-state index is -0.814. The normalized spacial score (nSPS) is 19.3. The number of allylic oxidation sites excluding steroid dienone is 3. The molecule has 1 unspecified atom stereocenters. The topological polar surface area (TPSA) is 54.4 Å². The first-order valence-electron chi connectivity index (χ1n) is 3.81. The van der Waals surface area contributed by atoms with Gasteiger partial charge in [-0.15, -0.1) is 0 Å². The minimum Gasteiger partial charge on any atom is -0.388 e. The lowest BCUT2D eigenvalue weighted by atomic mass is 9.97. The molecule has 64 valence electrons. The number of aliphatic hydroxyl groups excluding tert-OH is 1. The van der Waals surface area contributed by atoms with Crippen LogP contribution in [0, 0.1) is 0 Å². The first-order chi connectivity index (χ1) is 5.65. The average molecular weight is 166 g/mol. The largest absolute Gasteiger partial charge is 0.388 e. The number of carbonyl (C=O) groups is 2. The smallest absolute Gasteiger partial charge is 0.184 e. The molecule has 0 saturated carbocycles. The predicted molar refractivity (Wildman–Crippen MR) is 43.5 cm³/mol. The first-order valence-corrected chi connectivity index (χ1v) is 3.81. The predicted octanol–water partition coefficient (Wildman–Crippen LogP) is 0.392. The van der Waals surface area contributed by atoms with Crippen LogP contribution in [-0.4, -0.2) is 22.8 Å². The van der Waals surface area contributed by atoms with Gasteiger partial charge in [-0.1, -0.05) is 6.92 Å². The van der Waals surface area contributed by atoms with Crippen molar-refractivity contribution in [3.8, 4) is 0 Å². The lowest BCUT2D eigenvalue weighted by Gasteiger charge is -2.11. The molecule has 1 atom stereocenters. The van der Waals surface area contributed by atoms with Crippen LogP contribution in [0.25, 0.3) is 0 Å². The molecule has 1 N–H and O–H groups in total. The molecule has 1 aliphatic rings. The summed E-state index contributed by atoms with van der Waals surface area (Å²) >= 11 is 0. The number of ketones is 2. The Balaban J connectivity index is 2.88. The van der Waals surface area contributed by atoms with Gasteiger partial charge in [-0.2, -0.15) is 0 Å². The summed E-state index contributed by atoms with van der Waals surface area (Å²) in [6, 6.07) is 0. The molecule has 1 rings (SSSR count). The molecule has 1 aliphatic carbocycles. The first kappa shape index (κ1) is 8.87. The van der Waals surface area contributed by atoms with Crippen molar-refractivity contribution in [3.05, 3.63) is 23.8 Å². The summed E-state index contributed by atoms with van der Waals surface area (Å²) in [6.45, 7) is 1.75. The van der Waals surface area contributed by atoms with Gasteiger partial charge in [0.2, 0.25) is 0 Å². The average Bonchev–Trinajstić information content (AvgIpc) is 2.08. The van der Waals surface area contributed by atoms with Crippen LogP contribution >= 0.6 is 0 Å². The van der Waals surface area contributed by atoms with E-state index < -0.39 is 6.10 Å². The molecule has 0 aromatic heterocycles. The van der Waals surface area contributed by atoms with Crippen molar-refractivity contribution in [2.75, 3.05) is 0 Å². The molecule has 0 aliphatic heterocycles. The van der Waals surface area contributed by atoms with Crippen molar-refractivity contribution in [1.82, 2.24) is 0 Å². The summed E-state index contributed by atoms with van der Waals surface area (Å²) in [5, 5.41) is 9.30. The van der Waals surface area contributed by atoms with E-state index in [2.05, 4.69) is 0 Å². The Hall–Kier alpha value is -1.22. The van der Waals surface area contributed by atoms with E-state index in [0.29, 0.717) is 6.42 Å². The molecule has 0 amide bonds. The maximum Gasteiger partial charge on any atom is 0.184 e. The zero-order chi connectivity index (χ0) is 9.14. The number of hydrogen-bond acceptors (Lipinski definition) is 3. The Kier molecular flexibility index (Phi) is 2.55. The Labute approximate surface area is 70.4 Å². The van der Waals surface area contributed by atoms with Crippen LogP contribution in [0.4, 0.5) is 0 Å². The van der Waals surface area contributed by atoms with Crippen LogP contribution in [-0.2, 0) is 9.59 Å². The number of aliphatic hydroxyl groups is 1. The fraction of sp³-hybridized carbons (Fsp3) is 0.333. The van der Waals surface area contributed by atoms with Gasteiger partial charge in [0.05, 0.1) is 6.10 Å². The Bertz CT molecular complexity index is 273. The van der Waals surface area contributed by atoms with Gasteiger partial charge in [0, 0.05) is 5.57 Å². The van der Waals surface area contributed by atoms with Crippen LogP contribution < -0.4 is 0 Å². The maximum atomic E-state index is 11.1. The molecule has 3 nitrogen and oxygen atoms in total. The molecule has 0 aromatic rings. The van der Waals surface area contributed by atoms with Crippen molar-refractivity contribution >= 4 is 11.6 Å². The van der Waals surface area contributed by atoms with Crippen molar-refractivity contribution in [1.29, 1.82) is 0 Å². The zero-order valence-corrected chi connectivity index (χ0v) is 6.78. The quantitative estimate of drug-likeness (QED) is 0.604. The van der Waals surface area contributed by atoms with Crippen molar-refractivity contribution in [2.24, 2.45) is 0 Å². The lowest BCUT2D eigenvalue weighted by Crippen LogP contribution is -2.19. The van der Waals surface area contributed by atoms with E-state index in [9.17, 15) is 14.7 Å². The molecule has 0 heterocycles. The van der Waals surface area contributed by atoms with Crippen LogP contribution in [0.15, 0.2) is 23.8 Å². The van der Waals surface area contributed by atoms with Crippen LogP contribution in [0.1, 0.15) is 13.3 Å². The highest BCUT2D eigenvalue weighted by Gasteiger charge is 2.18. The highest BCUT2D eigenvalue weighted by Crippen LogP contribution is 2.12. The van der Waals surface area contributed by atoms with Crippen molar-refractivity contribution in [3.63, 3.8) is 0 Å². The number of rotatable bonds is 2. The standard InChI is InChI=1S/C9H10O3/c1-2-8(11)7-5-6(10)3-4-9(7)12/h3-5,8,11H,2H2,1H3. The van der Waals surface area contributed by atoms with Gasteiger partial charge in [0.1, 0.15) is 0 Å². The summed E-state index contributed by atoms with van der Waals surface area (Å²) in [5.41, 5.74) is 0.199. The number of hydrogen-bond donors (Lipinski definition) is 1. The Morgan fingerprint density at radius 3 is 2.67 bits per heavy atom. The van der Waals surface area contributed by atoms with Crippen LogP contribution in [0.3, 0.4) is 0 Å². The lowest BCUT2D eigenvalue weighted by molar-refractivity contribution is -0.115. The Morgan fingerprint density at radius 2 is 2.08 bits per heavy atom. The Morgan fingerprint density at radius 1 is 1.42 bits per heavy atom. The van der Waals surface area contributed by atoms with E-state index in [1.165, 1.54) is 18.2 Å². The summed E-state index contributed by atoms with van der Waals surface area (Å²) in [4.78, 5) is 21.9. The highest BCUT2D eigenvalue weighted by molar-refractivity contribution is 6.17. The molecule has 0 bridgehead atoms. The maximum absolute atomic E-state index is 11.1. The van der Waals surface area contributed by atoms with Crippen LogP contribution in [0.5, 0.6) is 0 Å². The van der Waals surface area contributed by atoms with Gasteiger partial charge in [-0.05, 0) is 24.6 Å². The molecular formula is C9H10O3. The van der Waals surface area contributed by atoms with Crippen molar-refractivity contribution < 1.29 is 14.7 Å². The monoisotopic (exact) mass is 166 g/mol. The zero-order valence-electron chi connectivity index (χ0n) is 6.78. The molecule has 0 saturated heterocycles. The molecule has 0 fully saturated rings. The summed E-state index contributed by atoms with van der Waals surface area (Å²) < 4.78 is 0. The second kappa shape index (κ2) is 3.45. The second-order valence-corrected chi connectivity index (χ2v) is 2.62. The van der Waals surface area contributed by atoms with Gasteiger partial charge in [-0.3, -0.25) is 9.59 Å². The van der Waals surface area contributed by atoms with E-state index in [-0.39, 0.29) is 17.1 Å². The van der Waals surface area contributed by atoms with Gasteiger partial charge in [0.15, 0.2) is 11.6 Å². The summed E-state index contributed by atoms with van der Waals surface area (Å²) in [5.74, 6) is -0.513. The molecule has 0 radical (unpaired) electrons. The summed E-state index contributed by atoms with van der Waals surface area (Å²) in [7, 11) is 0. The number of carbonyl (C=O) groups excluding carboxylic acids is 2. The third-order valence-corrected chi connectivity index (χ3v) is 1.73. The molecule has 12 heavy (non-hydrogen) atoms. The molecule has 0 aromatic carbocycles. The van der Waals surface area contributed by atoms with E-state index in [1.807, 2.05) is 0 Å². The molecule has 3 heteroatoms. The molecule has 0 spiro atoms. The van der Waals surface area contributed by atoms with Gasteiger partial charge >= 0.3 is 0 Å². The van der Waals surface area contributed by atoms with Gasteiger partial charge < -0.3 is 5.11 Å². The van der Waals surface area contributed by atoms with E-state index >= 15 is 0 Å². The fourth-order valence-electron chi connectivity index (χ4n) is 1.01. The van der Waals surface area contributed by atoms with Gasteiger partial charge in [-0.25, -0.2) is 0 Å². The third kappa shape index (κ3) is 1.68. The van der Waals surface area contributed by atoms with E-state index in [1.54, 1.807) is 6.92 Å². The van der Waals surface area contributed by atoms with Crippen LogP contribution in [0.2, 0.25) is 0 Å². The van der Waals surface area contributed by atoms with Gasteiger partial charge in [0.25, 0.3) is 0 Å². The SMILES string of the molecule is CCC(O)C1=CC(=O)C=CC1=O. The fourth-order valence-corrected chi connectivity index (χ4v) is 1.01. The summed E-state index contributed by atoms with van der Waals surface area (Å²) in [6.07, 6.45) is 3.21. The van der Waals surface area contributed by atoms with E-state index in [0.717, 1.165) is 0 Å². The molecular weight excluding hydrogens is 156 g/mol.